The van der Waals surface area contributed by atoms with Gasteiger partial charge in [0.1, 0.15) is 0 Å². The molecular weight excluding hydrogens is 284 g/mol. The second-order valence-corrected chi connectivity index (χ2v) is 7.64. The molecule has 1 aromatic heterocycles. The molecule has 0 aliphatic carbocycles. The van der Waals surface area contributed by atoms with Crippen LogP contribution in [0.3, 0.4) is 0 Å². The molecule has 21 heavy (non-hydrogen) atoms. The van der Waals surface area contributed by atoms with Crippen molar-refractivity contribution < 1.29 is 4.79 Å². The van der Waals surface area contributed by atoms with E-state index in [1.54, 1.807) is 17.5 Å². The number of hydrogen-bond donors (Lipinski definition) is 2. The minimum atomic E-state index is -0.238. The summed E-state index contributed by atoms with van der Waals surface area (Å²) in [5, 5.41) is 6.26. The molecule has 0 saturated heterocycles. The van der Waals surface area contributed by atoms with Crippen molar-refractivity contribution in [3.63, 3.8) is 0 Å². The average Bonchev–Trinajstić information content (AvgIpc) is 2.75. The summed E-state index contributed by atoms with van der Waals surface area (Å²) in [6.45, 7) is 10.3. The fraction of sp³-hybridized carbons (Fsp3) is 0.600. The van der Waals surface area contributed by atoms with Gasteiger partial charge in [0.05, 0.1) is 5.69 Å². The molecule has 0 bridgehead atoms. The fourth-order valence-corrected chi connectivity index (χ4v) is 2.98. The molecule has 0 atom stereocenters. The van der Waals surface area contributed by atoms with E-state index >= 15 is 0 Å². The van der Waals surface area contributed by atoms with Crippen LogP contribution < -0.4 is 10.6 Å². The third-order valence-electron chi connectivity index (χ3n) is 3.75. The lowest BCUT2D eigenvalue weighted by Crippen LogP contribution is -2.26. The number of anilines is 1. The van der Waals surface area contributed by atoms with Crippen LogP contribution in [0.4, 0.5) is 9.93 Å². The number of carbonyl (C=O) groups excluding carboxylic acids is 1. The van der Waals surface area contributed by atoms with Crippen molar-refractivity contribution in [3.8, 4) is 0 Å². The van der Waals surface area contributed by atoms with Gasteiger partial charge in [-0.3, -0.25) is 5.32 Å². The SMILES string of the molecule is C/C(=C\NC(=O)Nc1nc2c(s1)CN(C)CC2)C(C)(C)C. The Labute approximate surface area is 130 Å². The number of fused-ring (bicyclic) bond motifs is 1. The first-order valence-electron chi connectivity index (χ1n) is 7.17. The van der Waals surface area contributed by atoms with Crippen LogP contribution in [0.1, 0.15) is 38.3 Å². The van der Waals surface area contributed by atoms with E-state index in [1.165, 1.54) is 4.88 Å². The maximum absolute atomic E-state index is 11.9. The van der Waals surface area contributed by atoms with Crippen LogP contribution in [-0.2, 0) is 13.0 Å². The molecule has 2 rings (SSSR count). The van der Waals surface area contributed by atoms with Crippen LogP contribution in [0.15, 0.2) is 11.8 Å². The average molecular weight is 308 g/mol. The van der Waals surface area contributed by atoms with Crippen LogP contribution in [-0.4, -0.2) is 29.5 Å². The van der Waals surface area contributed by atoms with Crippen molar-refractivity contribution in [1.29, 1.82) is 0 Å². The van der Waals surface area contributed by atoms with Gasteiger partial charge < -0.3 is 10.2 Å². The highest BCUT2D eigenvalue weighted by Crippen LogP contribution is 2.27. The first-order valence-corrected chi connectivity index (χ1v) is 7.99. The zero-order chi connectivity index (χ0) is 15.6. The number of nitrogens with one attached hydrogen (secondary N) is 2. The van der Waals surface area contributed by atoms with Gasteiger partial charge in [0.25, 0.3) is 0 Å². The van der Waals surface area contributed by atoms with Gasteiger partial charge in [-0.2, -0.15) is 0 Å². The maximum Gasteiger partial charge on any atom is 0.325 e. The molecule has 2 heterocycles. The summed E-state index contributed by atoms with van der Waals surface area (Å²) in [6.07, 6.45) is 2.71. The lowest BCUT2D eigenvalue weighted by Gasteiger charge is -2.20. The summed E-state index contributed by atoms with van der Waals surface area (Å²) in [5.74, 6) is 0. The Morgan fingerprint density at radius 3 is 2.81 bits per heavy atom. The predicted octanol–water partition coefficient (Wildman–Crippen LogP) is 3.20. The Kier molecular flexibility index (Phi) is 4.68. The monoisotopic (exact) mass is 308 g/mol. The molecule has 6 heteroatoms. The Morgan fingerprint density at radius 1 is 1.43 bits per heavy atom. The number of hydrogen-bond acceptors (Lipinski definition) is 4. The first-order chi connectivity index (χ1) is 9.75. The third kappa shape index (κ3) is 4.28. The second-order valence-electron chi connectivity index (χ2n) is 6.55. The molecule has 0 unspecified atom stereocenters. The Morgan fingerprint density at radius 2 is 2.14 bits per heavy atom. The van der Waals surface area contributed by atoms with E-state index in [1.807, 2.05) is 6.92 Å². The minimum absolute atomic E-state index is 0.0537. The zero-order valence-electron chi connectivity index (χ0n) is 13.4. The highest BCUT2D eigenvalue weighted by atomic mass is 32.1. The van der Waals surface area contributed by atoms with Crippen LogP contribution in [0, 0.1) is 5.41 Å². The molecule has 5 nitrogen and oxygen atoms in total. The zero-order valence-corrected chi connectivity index (χ0v) is 14.2. The van der Waals surface area contributed by atoms with Crippen molar-refractivity contribution in [2.24, 2.45) is 5.41 Å². The largest absolute Gasteiger partial charge is 0.325 e. The van der Waals surface area contributed by atoms with E-state index in [2.05, 4.69) is 48.3 Å². The highest BCUT2D eigenvalue weighted by molar-refractivity contribution is 7.15. The van der Waals surface area contributed by atoms with Gasteiger partial charge in [0.15, 0.2) is 5.13 Å². The number of thiazole rings is 1. The molecule has 1 aromatic rings. The van der Waals surface area contributed by atoms with Crippen molar-refractivity contribution in [1.82, 2.24) is 15.2 Å². The van der Waals surface area contributed by atoms with Gasteiger partial charge >= 0.3 is 6.03 Å². The molecule has 1 aliphatic rings. The molecule has 2 amide bonds. The van der Waals surface area contributed by atoms with E-state index in [4.69, 9.17) is 0 Å². The summed E-state index contributed by atoms with van der Waals surface area (Å²) in [7, 11) is 2.10. The molecule has 0 saturated carbocycles. The van der Waals surface area contributed by atoms with Gasteiger partial charge in [-0.25, -0.2) is 9.78 Å². The van der Waals surface area contributed by atoms with Crippen molar-refractivity contribution >= 4 is 22.5 Å². The fourth-order valence-electron chi connectivity index (χ4n) is 1.90. The number of urea groups is 1. The van der Waals surface area contributed by atoms with Gasteiger partial charge in [-0.05, 0) is 19.4 Å². The molecule has 0 radical (unpaired) electrons. The third-order valence-corrected chi connectivity index (χ3v) is 4.74. The quantitative estimate of drug-likeness (QED) is 0.882. The summed E-state index contributed by atoms with van der Waals surface area (Å²) in [6, 6.07) is -0.238. The van der Waals surface area contributed by atoms with Gasteiger partial charge in [0, 0.05) is 30.6 Å². The summed E-state index contributed by atoms with van der Waals surface area (Å²) < 4.78 is 0. The Bertz CT molecular complexity index is 557. The second kappa shape index (κ2) is 6.15. The van der Waals surface area contributed by atoms with Crippen LogP contribution in [0.2, 0.25) is 0 Å². The van der Waals surface area contributed by atoms with Crippen LogP contribution >= 0.6 is 11.3 Å². The number of aromatic nitrogens is 1. The molecule has 0 aromatic carbocycles. The number of likely N-dealkylation sites (N-methyl/N-ethyl adjacent to an activating group) is 1. The van der Waals surface area contributed by atoms with E-state index in [0.29, 0.717) is 5.13 Å². The van der Waals surface area contributed by atoms with Crippen LogP contribution in [0.25, 0.3) is 0 Å². The maximum atomic E-state index is 11.9. The summed E-state index contributed by atoms with van der Waals surface area (Å²) >= 11 is 1.56. The number of nitrogens with zero attached hydrogens (tertiary/aromatic N) is 2. The van der Waals surface area contributed by atoms with E-state index in [9.17, 15) is 4.79 Å². The summed E-state index contributed by atoms with van der Waals surface area (Å²) in [5.41, 5.74) is 2.30. The van der Waals surface area contributed by atoms with Crippen molar-refractivity contribution in [2.75, 3.05) is 18.9 Å². The van der Waals surface area contributed by atoms with E-state index < -0.39 is 0 Å². The normalized spacial score (nSPS) is 16.5. The molecule has 0 fully saturated rings. The van der Waals surface area contributed by atoms with E-state index in [0.717, 1.165) is 30.8 Å². The van der Waals surface area contributed by atoms with Crippen molar-refractivity contribution in [2.45, 2.75) is 40.7 Å². The topological polar surface area (TPSA) is 57.3 Å². The number of allylic oxidation sites excluding steroid dienone is 1. The molecular formula is C15H24N4OS. The predicted molar refractivity (Wildman–Crippen MR) is 87.5 cm³/mol. The first kappa shape index (κ1) is 16.0. The smallest absolute Gasteiger partial charge is 0.314 e. The Hall–Kier alpha value is -1.40. The standard InChI is InChI=1S/C15H24N4OS/c1-10(15(2,3)4)8-16-13(20)18-14-17-11-6-7-19(5)9-12(11)21-14/h8H,6-7,9H2,1-5H3,(H2,16,17,18,20)/b10-8+. The molecule has 2 N–H and O–H groups in total. The van der Waals surface area contributed by atoms with Crippen molar-refractivity contribution in [3.05, 3.63) is 22.3 Å². The summed E-state index contributed by atoms with van der Waals surface area (Å²) in [4.78, 5) is 19.9. The van der Waals surface area contributed by atoms with E-state index in [-0.39, 0.29) is 11.4 Å². The highest BCUT2D eigenvalue weighted by Gasteiger charge is 2.19. The lowest BCUT2D eigenvalue weighted by molar-refractivity contribution is 0.255. The molecule has 1 aliphatic heterocycles. The minimum Gasteiger partial charge on any atom is -0.314 e. The number of rotatable bonds is 2. The number of carbonyl (C=O) groups is 1. The number of amides is 2. The Balaban J connectivity index is 1.95. The van der Waals surface area contributed by atoms with Gasteiger partial charge in [0.2, 0.25) is 0 Å². The van der Waals surface area contributed by atoms with Crippen LogP contribution in [0.5, 0.6) is 0 Å². The van der Waals surface area contributed by atoms with Gasteiger partial charge in [-0.15, -0.1) is 11.3 Å². The molecule has 0 spiro atoms. The lowest BCUT2D eigenvalue weighted by atomic mass is 9.88. The molecule has 116 valence electrons. The van der Waals surface area contributed by atoms with Gasteiger partial charge in [-0.1, -0.05) is 26.3 Å².